The van der Waals surface area contributed by atoms with E-state index < -0.39 is 0 Å². The second kappa shape index (κ2) is 5.81. The number of nitrogens with one attached hydrogen (secondary N) is 1. The molecule has 1 unspecified atom stereocenters. The molecule has 1 N–H and O–H groups in total. The molecule has 0 spiro atoms. The molecule has 1 aromatic rings. The summed E-state index contributed by atoms with van der Waals surface area (Å²) in [4.78, 5) is 4.37. The monoisotopic (exact) mass is 195 g/mol. The van der Waals surface area contributed by atoms with Crippen molar-refractivity contribution in [2.45, 2.75) is 38.6 Å². The first-order valence-electron chi connectivity index (χ1n) is 5.44. The first-order valence-corrected chi connectivity index (χ1v) is 5.44. The van der Waals surface area contributed by atoms with Gasteiger partial charge in [-0.1, -0.05) is 26.2 Å². The van der Waals surface area contributed by atoms with Gasteiger partial charge in [-0.05, 0) is 13.5 Å². The Morgan fingerprint density at radius 3 is 2.79 bits per heavy atom. The van der Waals surface area contributed by atoms with Crippen LogP contribution in [-0.2, 0) is 7.05 Å². The van der Waals surface area contributed by atoms with Crippen LogP contribution < -0.4 is 5.32 Å². The predicted octanol–water partition coefficient (Wildman–Crippen LogP) is 2.26. The third kappa shape index (κ3) is 2.84. The third-order valence-corrected chi connectivity index (χ3v) is 2.61. The van der Waals surface area contributed by atoms with E-state index in [-0.39, 0.29) is 0 Å². The highest BCUT2D eigenvalue weighted by Gasteiger charge is 2.12. The van der Waals surface area contributed by atoms with Gasteiger partial charge in [0.05, 0.1) is 6.04 Å². The molecule has 0 aliphatic carbocycles. The molecule has 1 aromatic heterocycles. The van der Waals surface area contributed by atoms with Gasteiger partial charge < -0.3 is 9.88 Å². The number of hydrogen-bond acceptors (Lipinski definition) is 2. The zero-order valence-corrected chi connectivity index (χ0v) is 9.45. The molecule has 0 aromatic carbocycles. The van der Waals surface area contributed by atoms with Crippen molar-refractivity contribution >= 4 is 0 Å². The summed E-state index contributed by atoms with van der Waals surface area (Å²) in [6.45, 7) is 2.23. The standard InChI is InChI=1S/C11H21N3/c1-4-5-6-7-10(12-2)11-13-8-9-14(11)3/h8-10,12H,4-7H2,1-3H3. The van der Waals surface area contributed by atoms with Crippen LogP contribution in [0, 0.1) is 0 Å². The van der Waals surface area contributed by atoms with Gasteiger partial charge in [-0.3, -0.25) is 0 Å². The lowest BCUT2D eigenvalue weighted by Gasteiger charge is -2.15. The predicted molar refractivity (Wildman–Crippen MR) is 59.2 cm³/mol. The SMILES string of the molecule is CCCCCC(NC)c1nccn1C. The topological polar surface area (TPSA) is 29.9 Å². The fourth-order valence-corrected chi connectivity index (χ4v) is 1.71. The van der Waals surface area contributed by atoms with Crippen LogP contribution in [0.2, 0.25) is 0 Å². The number of nitrogens with zero attached hydrogens (tertiary/aromatic N) is 2. The molecule has 0 fully saturated rings. The van der Waals surface area contributed by atoms with Crippen molar-refractivity contribution in [3.05, 3.63) is 18.2 Å². The highest BCUT2D eigenvalue weighted by atomic mass is 15.1. The van der Waals surface area contributed by atoms with Crippen LogP contribution in [0.25, 0.3) is 0 Å². The highest BCUT2D eigenvalue weighted by Crippen LogP contribution is 2.16. The van der Waals surface area contributed by atoms with Gasteiger partial charge >= 0.3 is 0 Å². The summed E-state index contributed by atoms with van der Waals surface area (Å²) in [7, 11) is 4.05. The molecule has 0 aliphatic rings. The van der Waals surface area contributed by atoms with Crippen LogP contribution in [0.4, 0.5) is 0 Å². The summed E-state index contributed by atoms with van der Waals surface area (Å²) in [5.74, 6) is 1.14. The van der Waals surface area contributed by atoms with E-state index in [1.807, 2.05) is 26.5 Å². The van der Waals surface area contributed by atoms with Gasteiger partial charge in [-0.2, -0.15) is 0 Å². The van der Waals surface area contributed by atoms with Gasteiger partial charge in [-0.15, -0.1) is 0 Å². The summed E-state index contributed by atoms with van der Waals surface area (Å²) < 4.78 is 2.09. The van der Waals surface area contributed by atoms with Crippen molar-refractivity contribution in [1.29, 1.82) is 0 Å². The molecule has 0 saturated carbocycles. The van der Waals surface area contributed by atoms with E-state index >= 15 is 0 Å². The molecule has 0 radical (unpaired) electrons. The van der Waals surface area contributed by atoms with Crippen molar-refractivity contribution in [3.8, 4) is 0 Å². The Hall–Kier alpha value is -0.830. The van der Waals surface area contributed by atoms with Crippen LogP contribution in [0.3, 0.4) is 0 Å². The Labute approximate surface area is 86.5 Å². The molecular formula is C11H21N3. The van der Waals surface area contributed by atoms with Gasteiger partial charge in [0.2, 0.25) is 0 Å². The number of unbranched alkanes of at least 4 members (excludes halogenated alkanes) is 2. The minimum Gasteiger partial charge on any atom is -0.337 e. The van der Waals surface area contributed by atoms with Gasteiger partial charge in [0.25, 0.3) is 0 Å². The lowest BCUT2D eigenvalue weighted by atomic mass is 10.1. The highest BCUT2D eigenvalue weighted by molar-refractivity contribution is 4.98. The molecule has 3 nitrogen and oxygen atoms in total. The zero-order valence-electron chi connectivity index (χ0n) is 9.45. The van der Waals surface area contributed by atoms with E-state index in [9.17, 15) is 0 Å². The molecule has 1 rings (SSSR count). The third-order valence-electron chi connectivity index (χ3n) is 2.61. The van der Waals surface area contributed by atoms with Crippen molar-refractivity contribution in [3.63, 3.8) is 0 Å². The molecule has 80 valence electrons. The summed E-state index contributed by atoms with van der Waals surface area (Å²) in [6.07, 6.45) is 8.89. The first kappa shape index (κ1) is 11.2. The summed E-state index contributed by atoms with van der Waals surface area (Å²) in [5.41, 5.74) is 0. The molecule has 0 aliphatic heterocycles. The molecule has 14 heavy (non-hydrogen) atoms. The maximum Gasteiger partial charge on any atom is 0.125 e. The number of imidazole rings is 1. The van der Waals surface area contributed by atoms with E-state index in [1.54, 1.807) is 0 Å². The van der Waals surface area contributed by atoms with Crippen LogP contribution in [0.15, 0.2) is 12.4 Å². The van der Waals surface area contributed by atoms with E-state index in [2.05, 4.69) is 21.8 Å². The summed E-state index contributed by atoms with van der Waals surface area (Å²) in [5, 5.41) is 3.32. The average Bonchev–Trinajstić information content (AvgIpc) is 2.60. The van der Waals surface area contributed by atoms with E-state index in [4.69, 9.17) is 0 Å². The maximum absolute atomic E-state index is 4.37. The number of hydrogen-bond donors (Lipinski definition) is 1. The molecule has 0 amide bonds. The molecule has 3 heteroatoms. The second-order valence-electron chi connectivity index (χ2n) is 3.73. The lowest BCUT2D eigenvalue weighted by molar-refractivity contribution is 0.478. The Morgan fingerprint density at radius 1 is 1.50 bits per heavy atom. The van der Waals surface area contributed by atoms with Gasteiger partial charge in [0, 0.05) is 19.4 Å². The average molecular weight is 195 g/mol. The number of rotatable bonds is 6. The van der Waals surface area contributed by atoms with Gasteiger partial charge in [0.15, 0.2) is 0 Å². The van der Waals surface area contributed by atoms with Crippen LogP contribution >= 0.6 is 0 Å². The van der Waals surface area contributed by atoms with E-state index in [1.165, 1.54) is 25.7 Å². The van der Waals surface area contributed by atoms with Crippen LogP contribution in [-0.4, -0.2) is 16.6 Å². The van der Waals surface area contributed by atoms with Crippen molar-refractivity contribution in [2.24, 2.45) is 7.05 Å². The van der Waals surface area contributed by atoms with Crippen LogP contribution in [0.5, 0.6) is 0 Å². The Kier molecular flexibility index (Phi) is 4.66. The maximum atomic E-state index is 4.37. The van der Waals surface area contributed by atoms with Crippen LogP contribution in [0.1, 0.15) is 44.5 Å². The molecule has 1 heterocycles. The molecule has 1 atom stereocenters. The van der Waals surface area contributed by atoms with Gasteiger partial charge in [0.1, 0.15) is 5.82 Å². The number of aromatic nitrogens is 2. The first-order chi connectivity index (χ1) is 6.79. The zero-order chi connectivity index (χ0) is 10.4. The quantitative estimate of drug-likeness (QED) is 0.706. The van der Waals surface area contributed by atoms with E-state index in [0.29, 0.717) is 6.04 Å². The van der Waals surface area contributed by atoms with Gasteiger partial charge in [-0.25, -0.2) is 4.98 Å². The summed E-state index contributed by atoms with van der Waals surface area (Å²) in [6, 6.07) is 0.404. The molecule has 0 bridgehead atoms. The molecule has 0 saturated heterocycles. The smallest absolute Gasteiger partial charge is 0.125 e. The van der Waals surface area contributed by atoms with Crippen molar-refractivity contribution in [2.75, 3.05) is 7.05 Å². The Balaban J connectivity index is 2.50. The fourth-order valence-electron chi connectivity index (χ4n) is 1.71. The van der Waals surface area contributed by atoms with Crippen molar-refractivity contribution in [1.82, 2.24) is 14.9 Å². The Morgan fingerprint density at radius 2 is 2.29 bits per heavy atom. The fraction of sp³-hybridized carbons (Fsp3) is 0.727. The summed E-state index contributed by atoms with van der Waals surface area (Å²) >= 11 is 0. The largest absolute Gasteiger partial charge is 0.337 e. The van der Waals surface area contributed by atoms with Crippen molar-refractivity contribution < 1.29 is 0 Å². The van der Waals surface area contributed by atoms with E-state index in [0.717, 1.165) is 5.82 Å². The molecular weight excluding hydrogens is 174 g/mol. The normalized spacial score (nSPS) is 13.1. The Bertz CT molecular complexity index is 255. The lowest BCUT2D eigenvalue weighted by Crippen LogP contribution is -2.19. The second-order valence-corrected chi connectivity index (χ2v) is 3.73. The minimum atomic E-state index is 0.404. The minimum absolute atomic E-state index is 0.404. The number of aryl methyl sites for hydroxylation is 1.